The number of aliphatic carboxylic acids is 1. The molecule has 0 spiro atoms. The van der Waals surface area contributed by atoms with Gasteiger partial charge in [-0.25, -0.2) is 0 Å². The van der Waals surface area contributed by atoms with Gasteiger partial charge in [-0.3, -0.25) is 9.69 Å². The molecule has 0 amide bonds. The third kappa shape index (κ3) is 2.63. The zero-order valence-corrected chi connectivity index (χ0v) is 11.7. The summed E-state index contributed by atoms with van der Waals surface area (Å²) in [5, 5.41) is 13.3. The zero-order valence-electron chi connectivity index (χ0n) is 11.7. The maximum atomic E-state index is 11.5. The van der Waals surface area contributed by atoms with E-state index in [9.17, 15) is 9.90 Å². The number of rotatable bonds is 5. The Morgan fingerprint density at radius 2 is 2.32 bits per heavy atom. The summed E-state index contributed by atoms with van der Waals surface area (Å²) in [6.07, 6.45) is 1.42. The molecule has 0 bridgehead atoms. The van der Waals surface area contributed by atoms with Crippen molar-refractivity contribution < 1.29 is 14.4 Å². The number of nitrogens with zero attached hydrogens (tertiary/aromatic N) is 3. The van der Waals surface area contributed by atoms with E-state index in [0.29, 0.717) is 31.2 Å². The van der Waals surface area contributed by atoms with Crippen LogP contribution in [0.3, 0.4) is 0 Å². The van der Waals surface area contributed by atoms with E-state index in [-0.39, 0.29) is 5.92 Å². The molecule has 0 aromatic carbocycles. The molecule has 1 N–H and O–H groups in total. The van der Waals surface area contributed by atoms with Crippen molar-refractivity contribution in [3.63, 3.8) is 0 Å². The van der Waals surface area contributed by atoms with Crippen LogP contribution in [0.4, 0.5) is 0 Å². The normalized spacial score (nSPS) is 24.2. The van der Waals surface area contributed by atoms with Gasteiger partial charge in [0.05, 0.1) is 12.0 Å². The highest BCUT2D eigenvalue weighted by Crippen LogP contribution is 2.38. The van der Waals surface area contributed by atoms with Crippen molar-refractivity contribution in [1.29, 1.82) is 0 Å². The summed E-state index contributed by atoms with van der Waals surface area (Å²) in [6.45, 7) is 7.75. The Kier molecular flexibility index (Phi) is 3.89. The van der Waals surface area contributed by atoms with E-state index in [0.717, 1.165) is 13.0 Å². The predicted octanol–water partition coefficient (Wildman–Crippen LogP) is 1.56. The van der Waals surface area contributed by atoms with Gasteiger partial charge in [-0.15, -0.1) is 0 Å². The van der Waals surface area contributed by atoms with E-state index in [1.807, 2.05) is 20.8 Å². The Balaban J connectivity index is 2.03. The van der Waals surface area contributed by atoms with Gasteiger partial charge < -0.3 is 9.63 Å². The minimum atomic E-state index is -0.704. The topological polar surface area (TPSA) is 79.5 Å². The number of likely N-dealkylation sites (tertiary alicyclic amines) is 1. The first-order valence-electron chi connectivity index (χ1n) is 6.75. The Bertz CT molecular complexity index is 458. The van der Waals surface area contributed by atoms with Gasteiger partial charge in [0.15, 0.2) is 5.82 Å². The maximum absolute atomic E-state index is 11.5. The van der Waals surface area contributed by atoms with Crippen LogP contribution < -0.4 is 0 Å². The van der Waals surface area contributed by atoms with Crippen LogP contribution in [-0.4, -0.2) is 39.2 Å². The Labute approximate surface area is 112 Å². The third-order valence-corrected chi connectivity index (χ3v) is 4.10. The van der Waals surface area contributed by atoms with Crippen molar-refractivity contribution in [3.8, 4) is 0 Å². The Morgan fingerprint density at radius 1 is 1.58 bits per heavy atom. The molecular formula is C13H21N3O3. The molecule has 2 rings (SSSR count). The van der Waals surface area contributed by atoms with Crippen molar-refractivity contribution in [2.45, 2.75) is 40.2 Å². The SMILES string of the molecule is CCc1noc(CN2CCC(C(=O)O)(C(C)C)C2)n1. The smallest absolute Gasteiger partial charge is 0.311 e. The molecule has 6 heteroatoms. The lowest BCUT2D eigenvalue weighted by molar-refractivity contribution is -0.151. The third-order valence-electron chi connectivity index (χ3n) is 4.10. The van der Waals surface area contributed by atoms with Crippen LogP contribution in [-0.2, 0) is 17.8 Å². The lowest BCUT2D eigenvalue weighted by atomic mass is 9.76. The molecule has 0 radical (unpaired) electrons. The number of aryl methyl sites for hydroxylation is 1. The molecular weight excluding hydrogens is 246 g/mol. The minimum Gasteiger partial charge on any atom is -0.481 e. The summed E-state index contributed by atoms with van der Waals surface area (Å²) in [6, 6.07) is 0. The van der Waals surface area contributed by atoms with Crippen molar-refractivity contribution in [2.75, 3.05) is 13.1 Å². The number of hydrogen-bond donors (Lipinski definition) is 1. The lowest BCUT2D eigenvalue weighted by Gasteiger charge is -2.28. The van der Waals surface area contributed by atoms with Gasteiger partial charge in [0.1, 0.15) is 0 Å². The molecule has 2 heterocycles. The predicted molar refractivity (Wildman–Crippen MR) is 68.5 cm³/mol. The lowest BCUT2D eigenvalue weighted by Crippen LogP contribution is -2.39. The fourth-order valence-electron chi connectivity index (χ4n) is 2.63. The average Bonchev–Trinajstić information content (AvgIpc) is 2.96. The molecule has 1 unspecified atom stereocenters. The highest BCUT2D eigenvalue weighted by Gasteiger charge is 2.47. The number of carbonyl (C=O) groups is 1. The van der Waals surface area contributed by atoms with E-state index in [1.165, 1.54) is 0 Å². The van der Waals surface area contributed by atoms with E-state index in [1.54, 1.807) is 0 Å². The van der Waals surface area contributed by atoms with Crippen LogP contribution in [0.15, 0.2) is 4.52 Å². The number of hydrogen-bond acceptors (Lipinski definition) is 5. The Morgan fingerprint density at radius 3 is 2.79 bits per heavy atom. The van der Waals surface area contributed by atoms with Gasteiger partial charge in [0, 0.05) is 13.0 Å². The van der Waals surface area contributed by atoms with E-state index in [2.05, 4.69) is 15.0 Å². The van der Waals surface area contributed by atoms with Gasteiger partial charge in [-0.2, -0.15) is 4.98 Å². The number of aromatic nitrogens is 2. The summed E-state index contributed by atoms with van der Waals surface area (Å²) >= 11 is 0. The average molecular weight is 267 g/mol. The summed E-state index contributed by atoms with van der Waals surface area (Å²) in [7, 11) is 0. The second kappa shape index (κ2) is 5.28. The molecule has 1 aliphatic heterocycles. The summed E-state index contributed by atoms with van der Waals surface area (Å²) in [5.74, 6) is 0.679. The van der Waals surface area contributed by atoms with Crippen molar-refractivity contribution in [3.05, 3.63) is 11.7 Å². The van der Waals surface area contributed by atoms with Crippen LogP contribution in [0.1, 0.15) is 38.9 Å². The fraction of sp³-hybridized carbons (Fsp3) is 0.769. The molecule has 0 saturated carbocycles. The monoisotopic (exact) mass is 267 g/mol. The molecule has 1 aromatic rings. The van der Waals surface area contributed by atoms with Crippen LogP contribution in [0.2, 0.25) is 0 Å². The first kappa shape index (κ1) is 14.0. The second-order valence-electron chi connectivity index (χ2n) is 5.53. The van der Waals surface area contributed by atoms with Crippen molar-refractivity contribution in [1.82, 2.24) is 15.0 Å². The largest absolute Gasteiger partial charge is 0.481 e. The molecule has 1 aromatic heterocycles. The van der Waals surface area contributed by atoms with E-state index < -0.39 is 11.4 Å². The molecule has 1 fully saturated rings. The summed E-state index contributed by atoms with van der Waals surface area (Å²) < 4.78 is 5.16. The van der Waals surface area contributed by atoms with Crippen LogP contribution >= 0.6 is 0 Å². The molecule has 1 saturated heterocycles. The highest BCUT2D eigenvalue weighted by molar-refractivity contribution is 5.75. The summed E-state index contributed by atoms with van der Waals surface area (Å²) in [5.41, 5.74) is -0.645. The summed E-state index contributed by atoms with van der Waals surface area (Å²) in [4.78, 5) is 17.9. The molecule has 19 heavy (non-hydrogen) atoms. The number of carboxylic acids is 1. The second-order valence-corrected chi connectivity index (χ2v) is 5.53. The van der Waals surface area contributed by atoms with Gasteiger partial charge in [-0.1, -0.05) is 25.9 Å². The fourth-order valence-corrected chi connectivity index (χ4v) is 2.63. The van der Waals surface area contributed by atoms with Crippen LogP contribution in [0.5, 0.6) is 0 Å². The first-order chi connectivity index (χ1) is 8.98. The quantitative estimate of drug-likeness (QED) is 0.872. The zero-order chi connectivity index (χ0) is 14.0. The maximum Gasteiger partial charge on any atom is 0.311 e. The van der Waals surface area contributed by atoms with Gasteiger partial charge in [0.2, 0.25) is 5.89 Å². The molecule has 0 aliphatic carbocycles. The van der Waals surface area contributed by atoms with Crippen molar-refractivity contribution >= 4 is 5.97 Å². The van der Waals surface area contributed by atoms with Gasteiger partial charge >= 0.3 is 5.97 Å². The molecule has 6 nitrogen and oxygen atoms in total. The standard InChI is InChI=1S/C13H21N3O3/c1-4-10-14-11(19-15-10)7-16-6-5-13(8-16,9(2)3)12(17)18/h9H,4-8H2,1-3H3,(H,17,18). The highest BCUT2D eigenvalue weighted by atomic mass is 16.5. The van der Waals surface area contributed by atoms with E-state index >= 15 is 0 Å². The number of carboxylic acid groups (broad SMARTS) is 1. The van der Waals surface area contributed by atoms with Gasteiger partial charge in [0.25, 0.3) is 0 Å². The minimum absolute atomic E-state index is 0.115. The molecule has 1 atom stereocenters. The Hall–Kier alpha value is -1.43. The molecule has 106 valence electrons. The van der Waals surface area contributed by atoms with E-state index in [4.69, 9.17) is 4.52 Å². The van der Waals surface area contributed by atoms with Crippen LogP contribution in [0, 0.1) is 11.3 Å². The van der Waals surface area contributed by atoms with Gasteiger partial charge in [-0.05, 0) is 18.9 Å². The van der Waals surface area contributed by atoms with Crippen molar-refractivity contribution in [2.24, 2.45) is 11.3 Å². The first-order valence-corrected chi connectivity index (χ1v) is 6.75. The van der Waals surface area contributed by atoms with Crippen LogP contribution in [0.25, 0.3) is 0 Å². The molecule has 1 aliphatic rings.